The third-order valence-corrected chi connectivity index (χ3v) is 3.98. The van der Waals surface area contributed by atoms with E-state index in [2.05, 4.69) is 15.1 Å². The smallest absolute Gasteiger partial charge is 0.270 e. The molecule has 7 N–H and O–H groups in total. The number of carbonyl (C=O) groups excluding carboxylic acids is 1. The van der Waals surface area contributed by atoms with E-state index in [0.717, 1.165) is 11.0 Å². The van der Waals surface area contributed by atoms with Crippen LogP contribution >= 0.6 is 0 Å². The van der Waals surface area contributed by atoms with E-state index in [9.17, 15) is 20.1 Å². The highest BCUT2D eigenvalue weighted by Crippen LogP contribution is 2.39. The van der Waals surface area contributed by atoms with Crippen LogP contribution in [0.5, 0.6) is 0 Å². The summed E-state index contributed by atoms with van der Waals surface area (Å²) in [5, 5.41) is 43.0. The molecule has 0 aromatic carbocycles. The number of nitrogens with zero attached hydrogens (tertiary/aromatic N) is 4. The van der Waals surface area contributed by atoms with Crippen LogP contribution in [0.25, 0.3) is 11.0 Å². The Bertz CT molecular complexity index is 792. The summed E-state index contributed by atoms with van der Waals surface area (Å²) in [6.45, 7) is 0.760. The zero-order valence-corrected chi connectivity index (χ0v) is 12.5. The van der Waals surface area contributed by atoms with Crippen molar-refractivity contribution in [2.24, 2.45) is 5.73 Å². The number of anilines is 1. The lowest BCUT2D eigenvalue weighted by Crippen LogP contribution is -2.44. The Morgan fingerprint density at radius 1 is 1.54 bits per heavy atom. The van der Waals surface area contributed by atoms with E-state index in [4.69, 9.17) is 15.7 Å². The van der Waals surface area contributed by atoms with E-state index in [1.165, 1.54) is 6.92 Å². The molecule has 0 aliphatic carbocycles. The van der Waals surface area contributed by atoms with Gasteiger partial charge in [-0.25, -0.2) is 14.6 Å². The number of aliphatic hydroxyl groups excluding tert-OH is 2. The molecular formula is C12H16N6O6. The number of nitrogens with two attached hydrogens (primary N) is 1. The Morgan fingerprint density at radius 2 is 2.25 bits per heavy atom. The molecule has 3 rings (SSSR count). The van der Waals surface area contributed by atoms with Crippen LogP contribution < -0.4 is 11.2 Å². The Hall–Kier alpha value is -2.38. The molecule has 0 bridgehead atoms. The topological polar surface area (TPSA) is 189 Å². The standard InChI is InChI=1S/C12H16N6O6/c1-12(22)7(20)4(2-19)24-11(12)18-10-5(6(16-18)8(13)21)9(17-23)14-3-15-10/h3-4,7,11,19-20,22-23H,2H2,1H3,(H2,13,21)(H,14,15,17)/t4-,7-,11-,12-/m1/s1. The average molecular weight is 340 g/mol. The minimum absolute atomic E-state index is 0.0221. The predicted molar refractivity (Wildman–Crippen MR) is 76.9 cm³/mol. The summed E-state index contributed by atoms with van der Waals surface area (Å²) < 4.78 is 6.51. The lowest BCUT2D eigenvalue weighted by atomic mass is 9.97. The Kier molecular flexibility index (Phi) is 3.85. The second kappa shape index (κ2) is 5.61. The molecule has 12 nitrogen and oxygen atoms in total. The summed E-state index contributed by atoms with van der Waals surface area (Å²) in [7, 11) is 0. The number of primary amides is 1. The summed E-state index contributed by atoms with van der Waals surface area (Å²) in [4.78, 5) is 19.4. The van der Waals surface area contributed by atoms with Crippen LogP contribution in [-0.4, -0.2) is 70.6 Å². The van der Waals surface area contributed by atoms with Gasteiger partial charge in [-0.15, -0.1) is 0 Å². The van der Waals surface area contributed by atoms with Gasteiger partial charge < -0.3 is 25.8 Å². The first-order chi connectivity index (χ1) is 11.3. The van der Waals surface area contributed by atoms with E-state index in [0.29, 0.717) is 0 Å². The normalized spacial score (nSPS) is 30.0. The van der Waals surface area contributed by atoms with Crippen molar-refractivity contribution in [2.75, 3.05) is 12.1 Å². The number of rotatable bonds is 4. The molecule has 2 aromatic rings. The first-order valence-corrected chi connectivity index (χ1v) is 6.92. The fourth-order valence-corrected chi connectivity index (χ4v) is 2.74. The van der Waals surface area contributed by atoms with Gasteiger partial charge in [-0.1, -0.05) is 0 Å². The van der Waals surface area contributed by atoms with Gasteiger partial charge in [0.2, 0.25) is 0 Å². The molecule has 130 valence electrons. The van der Waals surface area contributed by atoms with Gasteiger partial charge in [-0.05, 0) is 6.92 Å². The predicted octanol–water partition coefficient (Wildman–Crippen LogP) is -2.27. The van der Waals surface area contributed by atoms with E-state index >= 15 is 0 Å². The maximum absolute atomic E-state index is 11.6. The maximum atomic E-state index is 11.6. The first-order valence-electron chi connectivity index (χ1n) is 6.92. The van der Waals surface area contributed by atoms with Gasteiger partial charge in [0.25, 0.3) is 5.91 Å². The van der Waals surface area contributed by atoms with Crippen LogP contribution in [0.4, 0.5) is 5.82 Å². The van der Waals surface area contributed by atoms with Gasteiger partial charge in [-0.3, -0.25) is 15.5 Å². The van der Waals surface area contributed by atoms with Crippen molar-refractivity contribution in [3.05, 3.63) is 12.0 Å². The fourth-order valence-electron chi connectivity index (χ4n) is 2.74. The summed E-state index contributed by atoms with van der Waals surface area (Å²) in [6.07, 6.45) is -2.63. The lowest BCUT2D eigenvalue weighted by molar-refractivity contribution is -0.100. The molecule has 1 fully saturated rings. The van der Waals surface area contributed by atoms with Gasteiger partial charge in [0.1, 0.15) is 24.1 Å². The van der Waals surface area contributed by atoms with Crippen LogP contribution in [0.2, 0.25) is 0 Å². The fraction of sp³-hybridized carbons (Fsp3) is 0.500. The summed E-state index contributed by atoms with van der Waals surface area (Å²) in [5.41, 5.74) is 5.04. The highest BCUT2D eigenvalue weighted by molar-refractivity contribution is 6.07. The Labute approximate surface area is 134 Å². The highest BCUT2D eigenvalue weighted by atomic mass is 16.6. The largest absolute Gasteiger partial charge is 0.394 e. The molecule has 2 aromatic heterocycles. The van der Waals surface area contributed by atoms with Crippen molar-refractivity contribution >= 4 is 22.8 Å². The summed E-state index contributed by atoms with van der Waals surface area (Å²) >= 11 is 0. The molecule has 0 radical (unpaired) electrons. The molecule has 0 unspecified atom stereocenters. The van der Waals surface area contributed by atoms with Crippen LogP contribution in [-0.2, 0) is 4.74 Å². The zero-order chi connectivity index (χ0) is 17.6. The van der Waals surface area contributed by atoms with Gasteiger partial charge in [0.15, 0.2) is 23.4 Å². The number of ether oxygens (including phenoxy) is 1. The Balaban J connectivity index is 2.23. The number of amides is 1. The summed E-state index contributed by atoms with van der Waals surface area (Å²) in [6, 6.07) is 0. The Morgan fingerprint density at radius 3 is 2.79 bits per heavy atom. The van der Waals surface area contributed by atoms with Crippen LogP contribution in [0.3, 0.4) is 0 Å². The molecule has 3 heterocycles. The first kappa shape index (κ1) is 16.5. The molecule has 4 atom stereocenters. The third-order valence-electron chi connectivity index (χ3n) is 3.98. The number of carbonyl (C=O) groups is 1. The van der Waals surface area contributed by atoms with Gasteiger partial charge in [-0.2, -0.15) is 5.10 Å². The number of fused-ring (bicyclic) bond motifs is 1. The van der Waals surface area contributed by atoms with Gasteiger partial charge in [0, 0.05) is 0 Å². The second-order valence-electron chi connectivity index (χ2n) is 5.57. The van der Waals surface area contributed by atoms with Crippen molar-refractivity contribution in [3.63, 3.8) is 0 Å². The number of aliphatic hydroxyl groups is 3. The number of hydrogen-bond acceptors (Lipinski definition) is 10. The quantitative estimate of drug-likeness (QED) is 0.331. The molecule has 24 heavy (non-hydrogen) atoms. The SMILES string of the molecule is C[C@@]1(O)[C@H](O)[C@@H](CO)O[C@H]1n1nc(C(N)=O)c2c(NO)ncnc21. The van der Waals surface area contributed by atoms with E-state index in [1.807, 2.05) is 5.48 Å². The molecule has 1 aliphatic rings. The number of nitrogens with one attached hydrogen (secondary N) is 1. The van der Waals surface area contributed by atoms with Gasteiger partial charge >= 0.3 is 0 Å². The maximum Gasteiger partial charge on any atom is 0.270 e. The van der Waals surface area contributed by atoms with Crippen LogP contribution in [0.1, 0.15) is 23.6 Å². The molecule has 0 spiro atoms. The molecule has 1 aliphatic heterocycles. The van der Waals surface area contributed by atoms with Gasteiger partial charge in [0.05, 0.1) is 12.0 Å². The third kappa shape index (κ3) is 2.20. The van der Waals surface area contributed by atoms with E-state index in [1.54, 1.807) is 0 Å². The van der Waals surface area contributed by atoms with Crippen molar-refractivity contribution in [1.82, 2.24) is 19.7 Å². The molecular weight excluding hydrogens is 324 g/mol. The minimum atomic E-state index is -1.83. The summed E-state index contributed by atoms with van der Waals surface area (Å²) in [5.74, 6) is -1.03. The van der Waals surface area contributed by atoms with Crippen molar-refractivity contribution in [3.8, 4) is 0 Å². The minimum Gasteiger partial charge on any atom is -0.394 e. The number of aromatic nitrogens is 4. The van der Waals surface area contributed by atoms with E-state index < -0.39 is 36.6 Å². The van der Waals surface area contributed by atoms with E-state index in [-0.39, 0.29) is 22.5 Å². The monoisotopic (exact) mass is 340 g/mol. The highest BCUT2D eigenvalue weighted by Gasteiger charge is 2.54. The van der Waals surface area contributed by atoms with Crippen LogP contribution in [0.15, 0.2) is 6.33 Å². The van der Waals surface area contributed by atoms with Crippen molar-refractivity contribution in [2.45, 2.75) is 31.0 Å². The number of hydrogen-bond donors (Lipinski definition) is 6. The second-order valence-corrected chi connectivity index (χ2v) is 5.57. The van der Waals surface area contributed by atoms with Crippen molar-refractivity contribution < 1.29 is 30.1 Å². The molecule has 12 heteroatoms. The zero-order valence-electron chi connectivity index (χ0n) is 12.5. The van der Waals surface area contributed by atoms with Crippen molar-refractivity contribution in [1.29, 1.82) is 0 Å². The molecule has 1 saturated heterocycles. The van der Waals surface area contributed by atoms with Crippen LogP contribution in [0, 0.1) is 0 Å². The lowest BCUT2D eigenvalue weighted by Gasteiger charge is -2.26. The average Bonchev–Trinajstić information content (AvgIpc) is 3.04. The molecule has 1 amide bonds. The molecule has 0 saturated carbocycles.